The molecule has 1 amide bonds. The highest BCUT2D eigenvalue weighted by Crippen LogP contribution is 2.43. The Labute approximate surface area is 154 Å². The molecule has 2 bridgehead atoms. The average Bonchev–Trinajstić information content (AvgIpc) is 3.18. The van der Waals surface area contributed by atoms with Gasteiger partial charge in [0.25, 0.3) is 0 Å². The molecule has 4 aliphatic rings. The van der Waals surface area contributed by atoms with E-state index in [9.17, 15) is 13.2 Å². The van der Waals surface area contributed by atoms with Gasteiger partial charge in [-0.05, 0) is 61.8 Å². The third-order valence-electron chi connectivity index (χ3n) is 6.56. The number of anilines is 1. The van der Waals surface area contributed by atoms with Crippen LogP contribution in [0, 0.1) is 0 Å². The van der Waals surface area contributed by atoms with Crippen LogP contribution in [-0.4, -0.2) is 50.5 Å². The Hall–Kier alpha value is -1.44. The van der Waals surface area contributed by atoms with Crippen LogP contribution in [0.25, 0.3) is 0 Å². The van der Waals surface area contributed by atoms with Crippen molar-refractivity contribution >= 4 is 21.6 Å². The first-order valence-corrected chi connectivity index (χ1v) is 11.0. The second kappa shape index (κ2) is 5.78. The van der Waals surface area contributed by atoms with Gasteiger partial charge in [-0.1, -0.05) is 0 Å². The molecule has 1 aromatic rings. The molecule has 0 aromatic heterocycles. The number of amides is 1. The molecule has 0 radical (unpaired) electrons. The number of benzene rings is 1. The number of carbonyl (C=O) groups excluding carboxylic acids is 1. The lowest BCUT2D eigenvalue weighted by atomic mass is 10.00. The Bertz CT molecular complexity index is 868. The van der Waals surface area contributed by atoms with E-state index in [1.807, 2.05) is 17.0 Å². The zero-order chi connectivity index (χ0) is 18.1. The zero-order valence-corrected chi connectivity index (χ0v) is 15.8. The van der Waals surface area contributed by atoms with Crippen LogP contribution in [0.5, 0.6) is 0 Å². The Balaban J connectivity index is 1.54. The van der Waals surface area contributed by atoms with E-state index in [1.165, 1.54) is 0 Å². The number of hydrogen-bond acceptors (Lipinski definition) is 4. The number of carbonyl (C=O) groups is 1. The molecule has 0 N–H and O–H groups in total. The van der Waals surface area contributed by atoms with Gasteiger partial charge in [0.05, 0.1) is 16.7 Å². The van der Waals surface area contributed by atoms with Crippen LogP contribution in [0.4, 0.5) is 5.69 Å². The fourth-order valence-corrected chi connectivity index (χ4v) is 7.36. The third kappa shape index (κ3) is 2.30. The van der Waals surface area contributed by atoms with Gasteiger partial charge in [0.2, 0.25) is 15.9 Å². The van der Waals surface area contributed by atoms with Gasteiger partial charge in [0.1, 0.15) is 0 Å². The standard InChI is InChI=1S/C19H24N2O4S/c1-25-16-10-14-3-4-15(11-16)21(14)26(23,24)17-8-12-2-5-18(22)20-7-6-13(9-17)19(12)20/h8-9,14-16H,2-7,10-11H2,1H3. The van der Waals surface area contributed by atoms with E-state index in [2.05, 4.69) is 0 Å². The van der Waals surface area contributed by atoms with Gasteiger partial charge in [-0.3, -0.25) is 4.79 Å². The molecule has 5 rings (SSSR count). The summed E-state index contributed by atoms with van der Waals surface area (Å²) in [6.07, 6.45) is 5.43. The minimum atomic E-state index is -3.52. The van der Waals surface area contributed by atoms with Crippen LogP contribution in [-0.2, 0) is 32.4 Å². The predicted molar refractivity (Wildman–Crippen MR) is 96.7 cm³/mol. The highest BCUT2D eigenvalue weighted by molar-refractivity contribution is 7.89. The van der Waals surface area contributed by atoms with Crippen molar-refractivity contribution in [2.45, 2.75) is 68.0 Å². The molecule has 0 saturated carbocycles. The summed E-state index contributed by atoms with van der Waals surface area (Å²) < 4.78 is 34.2. The molecule has 4 heterocycles. The normalized spacial score (nSPS) is 30.7. The third-order valence-corrected chi connectivity index (χ3v) is 8.54. The van der Waals surface area contributed by atoms with Gasteiger partial charge in [-0.15, -0.1) is 0 Å². The lowest BCUT2D eigenvalue weighted by molar-refractivity contribution is -0.118. The van der Waals surface area contributed by atoms with Gasteiger partial charge in [-0.25, -0.2) is 8.42 Å². The highest BCUT2D eigenvalue weighted by atomic mass is 32.2. The smallest absolute Gasteiger partial charge is 0.243 e. The summed E-state index contributed by atoms with van der Waals surface area (Å²) in [6, 6.07) is 3.73. The van der Waals surface area contributed by atoms with Crippen molar-refractivity contribution < 1.29 is 17.9 Å². The van der Waals surface area contributed by atoms with Crippen LogP contribution in [0.15, 0.2) is 17.0 Å². The van der Waals surface area contributed by atoms with Crippen LogP contribution < -0.4 is 4.90 Å². The van der Waals surface area contributed by atoms with Crippen LogP contribution in [0.2, 0.25) is 0 Å². The van der Waals surface area contributed by atoms with Gasteiger partial charge in [-0.2, -0.15) is 4.31 Å². The number of aryl methyl sites for hydroxylation is 1. The van der Waals surface area contributed by atoms with Crippen molar-refractivity contribution in [3.8, 4) is 0 Å². The number of nitrogens with zero attached hydrogens (tertiary/aromatic N) is 2. The van der Waals surface area contributed by atoms with Crippen LogP contribution in [0.3, 0.4) is 0 Å². The number of methoxy groups -OCH3 is 1. The van der Waals surface area contributed by atoms with E-state index in [0.717, 1.165) is 48.9 Å². The van der Waals surface area contributed by atoms with E-state index in [-0.39, 0.29) is 24.1 Å². The zero-order valence-electron chi connectivity index (χ0n) is 15.0. The first kappa shape index (κ1) is 16.7. The summed E-state index contributed by atoms with van der Waals surface area (Å²) in [5.41, 5.74) is 2.99. The molecular weight excluding hydrogens is 352 g/mol. The molecule has 140 valence electrons. The molecule has 2 saturated heterocycles. The van der Waals surface area contributed by atoms with E-state index >= 15 is 0 Å². The lowest BCUT2D eigenvalue weighted by Gasteiger charge is -2.37. The molecule has 2 unspecified atom stereocenters. The summed E-state index contributed by atoms with van der Waals surface area (Å²) in [6.45, 7) is 0.676. The van der Waals surface area contributed by atoms with Gasteiger partial charge in [0, 0.05) is 32.2 Å². The molecule has 2 atom stereocenters. The number of sulfonamides is 1. The Morgan fingerprint density at radius 3 is 2.35 bits per heavy atom. The maximum absolute atomic E-state index is 13.5. The van der Waals surface area contributed by atoms with Gasteiger partial charge >= 0.3 is 0 Å². The maximum atomic E-state index is 13.5. The van der Waals surface area contributed by atoms with E-state index in [1.54, 1.807) is 11.4 Å². The monoisotopic (exact) mass is 376 g/mol. The molecule has 26 heavy (non-hydrogen) atoms. The molecule has 1 aromatic carbocycles. The predicted octanol–water partition coefficient (Wildman–Crippen LogP) is 1.85. The van der Waals surface area contributed by atoms with Crippen molar-refractivity contribution in [1.29, 1.82) is 0 Å². The molecule has 6 nitrogen and oxygen atoms in total. The lowest BCUT2D eigenvalue weighted by Crippen LogP contribution is -2.48. The topological polar surface area (TPSA) is 66.9 Å². The first-order chi connectivity index (χ1) is 12.5. The molecular formula is C19H24N2O4S. The van der Waals surface area contributed by atoms with E-state index in [4.69, 9.17) is 4.74 Å². The van der Waals surface area contributed by atoms with Gasteiger partial charge < -0.3 is 9.64 Å². The van der Waals surface area contributed by atoms with E-state index < -0.39 is 10.0 Å². The fourth-order valence-electron chi connectivity index (χ4n) is 5.37. The Morgan fingerprint density at radius 2 is 1.69 bits per heavy atom. The van der Waals surface area contributed by atoms with Crippen LogP contribution in [0.1, 0.15) is 43.2 Å². The quantitative estimate of drug-likeness (QED) is 0.808. The maximum Gasteiger partial charge on any atom is 0.243 e. The second-order valence-electron chi connectivity index (χ2n) is 7.93. The summed E-state index contributed by atoms with van der Waals surface area (Å²) in [4.78, 5) is 14.3. The van der Waals surface area contributed by atoms with Crippen molar-refractivity contribution in [3.05, 3.63) is 23.3 Å². The SMILES string of the molecule is COC1CC2CCC(C1)N2S(=O)(=O)c1cc2c3c(c1)CCN3C(=O)CC2. The van der Waals surface area contributed by atoms with Crippen molar-refractivity contribution in [2.24, 2.45) is 0 Å². The van der Waals surface area contributed by atoms with E-state index in [0.29, 0.717) is 24.3 Å². The molecule has 7 heteroatoms. The molecule has 0 spiro atoms. The summed E-state index contributed by atoms with van der Waals surface area (Å²) in [7, 11) is -1.80. The molecule has 4 aliphatic heterocycles. The van der Waals surface area contributed by atoms with Crippen molar-refractivity contribution in [2.75, 3.05) is 18.6 Å². The number of rotatable bonds is 3. The molecule has 0 aliphatic carbocycles. The molecule has 2 fully saturated rings. The second-order valence-corrected chi connectivity index (χ2v) is 9.78. The largest absolute Gasteiger partial charge is 0.381 e. The van der Waals surface area contributed by atoms with Gasteiger partial charge in [0.15, 0.2) is 0 Å². The number of fused-ring (bicyclic) bond motifs is 2. The Morgan fingerprint density at radius 1 is 1.04 bits per heavy atom. The highest BCUT2D eigenvalue weighted by Gasteiger charge is 2.47. The number of ether oxygens (including phenoxy) is 1. The van der Waals surface area contributed by atoms with Crippen LogP contribution >= 0.6 is 0 Å². The summed E-state index contributed by atoms with van der Waals surface area (Å²) in [5.74, 6) is 0.159. The first-order valence-electron chi connectivity index (χ1n) is 9.51. The minimum absolute atomic E-state index is 0.0476. The number of hydrogen-bond donors (Lipinski definition) is 0. The summed E-state index contributed by atoms with van der Waals surface area (Å²) >= 11 is 0. The fraction of sp³-hybridized carbons (Fsp3) is 0.632. The summed E-state index contributed by atoms with van der Waals surface area (Å²) in [5, 5.41) is 0. The Kier molecular flexibility index (Phi) is 3.71. The van der Waals surface area contributed by atoms with Crippen molar-refractivity contribution in [1.82, 2.24) is 4.31 Å². The average molecular weight is 376 g/mol. The minimum Gasteiger partial charge on any atom is -0.381 e. The van der Waals surface area contributed by atoms with Crippen molar-refractivity contribution in [3.63, 3.8) is 0 Å². The number of piperidine rings is 1.